The molecule has 1 aromatic heterocycles. The molecule has 2 bridgehead atoms. The van der Waals surface area contributed by atoms with Crippen LogP contribution in [0.15, 0.2) is 30.6 Å². The van der Waals surface area contributed by atoms with E-state index in [1.165, 1.54) is 42.4 Å². The van der Waals surface area contributed by atoms with Crippen molar-refractivity contribution < 1.29 is 9.53 Å². The van der Waals surface area contributed by atoms with Gasteiger partial charge in [-0.25, -0.2) is 14.3 Å². The molecule has 0 amide bonds. The van der Waals surface area contributed by atoms with Gasteiger partial charge in [0, 0.05) is 18.3 Å². The van der Waals surface area contributed by atoms with Crippen LogP contribution >= 0.6 is 0 Å². The van der Waals surface area contributed by atoms with E-state index in [0.717, 1.165) is 17.7 Å². The molecule has 26 heavy (non-hydrogen) atoms. The van der Waals surface area contributed by atoms with Crippen molar-refractivity contribution in [2.75, 3.05) is 6.61 Å². The number of hydrogen-bond acceptors (Lipinski definition) is 3. The molecule has 4 nitrogen and oxygen atoms in total. The number of imidazole rings is 1. The molecule has 2 aliphatic rings. The van der Waals surface area contributed by atoms with Gasteiger partial charge in [-0.1, -0.05) is 31.5 Å². The molecule has 4 rings (SSSR count). The third-order valence-corrected chi connectivity index (χ3v) is 6.67. The maximum atomic E-state index is 12.7. The lowest BCUT2D eigenvalue weighted by molar-refractivity contribution is 0.111. The third-order valence-electron chi connectivity index (χ3n) is 6.67. The van der Waals surface area contributed by atoms with Crippen molar-refractivity contribution in [2.45, 2.75) is 52.4 Å². The normalized spacial score (nSPS) is 25.4. The number of hydrogen-bond donors (Lipinski definition) is 0. The minimum absolute atomic E-state index is 0.0416. The van der Waals surface area contributed by atoms with E-state index in [1.54, 1.807) is 17.0 Å². The highest BCUT2D eigenvalue weighted by Crippen LogP contribution is 2.48. The van der Waals surface area contributed by atoms with E-state index in [4.69, 9.17) is 4.74 Å². The second kappa shape index (κ2) is 6.90. The molecular formula is C22H28N2O2. The van der Waals surface area contributed by atoms with Crippen LogP contribution in [0.2, 0.25) is 0 Å². The van der Waals surface area contributed by atoms with E-state index in [1.807, 2.05) is 0 Å². The maximum Gasteiger partial charge on any atom is 0.419 e. The summed E-state index contributed by atoms with van der Waals surface area (Å²) in [6.07, 6.45) is 8.37. The highest BCUT2D eigenvalue weighted by atomic mass is 16.5. The van der Waals surface area contributed by atoms with Crippen LogP contribution in [-0.2, 0) is 4.74 Å². The summed E-state index contributed by atoms with van der Waals surface area (Å²) in [4.78, 5) is 17.1. The Kier molecular flexibility index (Phi) is 4.60. The molecule has 2 fully saturated rings. The fraction of sp³-hybridized carbons (Fsp3) is 0.545. The molecule has 4 heteroatoms. The number of nitrogens with zero attached hydrogens (tertiary/aromatic N) is 2. The van der Waals surface area contributed by atoms with Crippen molar-refractivity contribution in [3.8, 4) is 0 Å². The molecule has 0 radical (unpaired) electrons. The molecule has 2 aliphatic carbocycles. The number of fused-ring (bicyclic) bond motifs is 2. The molecule has 138 valence electrons. The molecule has 0 spiro atoms. The Morgan fingerprint density at radius 3 is 2.88 bits per heavy atom. The van der Waals surface area contributed by atoms with Gasteiger partial charge >= 0.3 is 6.09 Å². The Morgan fingerprint density at radius 1 is 1.31 bits per heavy atom. The minimum atomic E-state index is -0.294. The van der Waals surface area contributed by atoms with Gasteiger partial charge in [-0.2, -0.15) is 0 Å². The highest BCUT2D eigenvalue weighted by Gasteiger charge is 2.40. The summed E-state index contributed by atoms with van der Waals surface area (Å²) in [5.74, 6) is 2.98. The number of aryl methyl sites for hydroxylation is 1. The molecule has 4 atom stereocenters. The standard InChI is InChI=1S/C22H28N2O2/c1-14-5-4-6-20(15(14)2)16(3)21-23-9-10-24(21)22(25)26-13-19-12-17-7-8-18(19)11-17/h4-6,9-10,16-19H,7-8,11-13H2,1-3H3/t16-,17?,18?,19?/m0/s1. The summed E-state index contributed by atoms with van der Waals surface area (Å²) in [6.45, 7) is 6.89. The van der Waals surface area contributed by atoms with Crippen LogP contribution in [0.25, 0.3) is 0 Å². The van der Waals surface area contributed by atoms with Gasteiger partial charge in [0.2, 0.25) is 0 Å². The summed E-state index contributed by atoms with van der Waals surface area (Å²) in [5, 5.41) is 0. The first-order chi connectivity index (χ1) is 12.5. The van der Waals surface area contributed by atoms with Crippen LogP contribution in [0.3, 0.4) is 0 Å². The summed E-state index contributed by atoms with van der Waals surface area (Å²) in [6, 6.07) is 6.29. The lowest BCUT2D eigenvalue weighted by Gasteiger charge is -2.22. The van der Waals surface area contributed by atoms with Gasteiger partial charge in [-0.3, -0.25) is 0 Å². The fourth-order valence-electron chi connectivity index (χ4n) is 5.00. The quantitative estimate of drug-likeness (QED) is 0.771. The molecule has 2 saturated carbocycles. The summed E-state index contributed by atoms with van der Waals surface area (Å²) in [5.41, 5.74) is 3.72. The Morgan fingerprint density at radius 2 is 2.15 bits per heavy atom. The second-order valence-corrected chi connectivity index (χ2v) is 8.18. The predicted octanol–water partition coefficient (Wildman–Crippen LogP) is 5.07. The number of ether oxygens (including phenoxy) is 1. The smallest absolute Gasteiger partial charge is 0.419 e. The number of carbonyl (C=O) groups excluding carboxylic acids is 1. The molecular weight excluding hydrogens is 324 g/mol. The largest absolute Gasteiger partial charge is 0.449 e. The lowest BCUT2D eigenvalue weighted by Crippen LogP contribution is -2.23. The topological polar surface area (TPSA) is 44.1 Å². The van der Waals surface area contributed by atoms with Gasteiger partial charge < -0.3 is 4.74 Å². The average Bonchev–Trinajstić information content (AvgIpc) is 3.37. The second-order valence-electron chi connectivity index (χ2n) is 8.18. The van der Waals surface area contributed by atoms with E-state index in [-0.39, 0.29) is 12.0 Å². The molecule has 0 aliphatic heterocycles. The zero-order chi connectivity index (χ0) is 18.3. The summed E-state index contributed by atoms with van der Waals surface area (Å²) >= 11 is 0. The van der Waals surface area contributed by atoms with Gasteiger partial charge in [-0.15, -0.1) is 0 Å². The molecule has 0 N–H and O–H groups in total. The first-order valence-corrected chi connectivity index (χ1v) is 9.81. The van der Waals surface area contributed by atoms with Gasteiger partial charge in [0.15, 0.2) is 0 Å². The average molecular weight is 352 g/mol. The van der Waals surface area contributed by atoms with Gasteiger partial charge in [-0.05, 0) is 67.6 Å². The zero-order valence-electron chi connectivity index (χ0n) is 15.9. The van der Waals surface area contributed by atoms with Gasteiger partial charge in [0.05, 0.1) is 6.61 Å². The number of benzene rings is 1. The third kappa shape index (κ3) is 3.06. The summed E-state index contributed by atoms with van der Waals surface area (Å²) in [7, 11) is 0. The Bertz CT molecular complexity index is 810. The SMILES string of the molecule is Cc1cccc([C@H](C)c2nccn2C(=O)OCC2CC3CCC2C3)c1C. The molecule has 0 saturated heterocycles. The van der Waals surface area contributed by atoms with Crippen LogP contribution in [-0.4, -0.2) is 22.3 Å². The van der Waals surface area contributed by atoms with Gasteiger partial charge in [0.1, 0.15) is 5.82 Å². The maximum absolute atomic E-state index is 12.7. The first kappa shape index (κ1) is 17.3. The monoisotopic (exact) mass is 352 g/mol. The number of rotatable bonds is 4. The van der Waals surface area contributed by atoms with Crippen molar-refractivity contribution >= 4 is 6.09 Å². The Labute approximate surface area is 155 Å². The molecule has 2 aromatic rings. The van der Waals surface area contributed by atoms with Crippen molar-refractivity contribution in [1.82, 2.24) is 9.55 Å². The Hall–Kier alpha value is -2.10. The van der Waals surface area contributed by atoms with Crippen molar-refractivity contribution in [3.63, 3.8) is 0 Å². The fourth-order valence-corrected chi connectivity index (χ4v) is 5.00. The van der Waals surface area contributed by atoms with Gasteiger partial charge in [0.25, 0.3) is 0 Å². The van der Waals surface area contributed by atoms with E-state index in [9.17, 15) is 4.79 Å². The molecule has 3 unspecified atom stereocenters. The van der Waals surface area contributed by atoms with Crippen molar-refractivity contribution in [3.05, 3.63) is 53.1 Å². The molecule has 1 aromatic carbocycles. The van der Waals surface area contributed by atoms with Crippen LogP contribution in [0.1, 0.15) is 61.0 Å². The van der Waals surface area contributed by atoms with Crippen LogP contribution in [0, 0.1) is 31.6 Å². The van der Waals surface area contributed by atoms with Crippen molar-refractivity contribution in [1.29, 1.82) is 0 Å². The molecule has 1 heterocycles. The van der Waals surface area contributed by atoms with Crippen molar-refractivity contribution in [2.24, 2.45) is 17.8 Å². The predicted molar refractivity (Wildman–Crippen MR) is 101 cm³/mol. The van der Waals surface area contributed by atoms with Crippen LogP contribution < -0.4 is 0 Å². The zero-order valence-corrected chi connectivity index (χ0v) is 15.9. The van der Waals surface area contributed by atoms with E-state index in [0.29, 0.717) is 12.5 Å². The lowest BCUT2D eigenvalue weighted by atomic mass is 9.90. The number of carbonyl (C=O) groups is 1. The Balaban J connectivity index is 1.47. The first-order valence-electron chi connectivity index (χ1n) is 9.81. The van der Waals surface area contributed by atoms with E-state index in [2.05, 4.69) is 44.0 Å². The summed E-state index contributed by atoms with van der Waals surface area (Å²) < 4.78 is 7.27. The van der Waals surface area contributed by atoms with E-state index < -0.39 is 0 Å². The van der Waals surface area contributed by atoms with Crippen LogP contribution in [0.4, 0.5) is 4.79 Å². The van der Waals surface area contributed by atoms with Crippen LogP contribution in [0.5, 0.6) is 0 Å². The van der Waals surface area contributed by atoms with E-state index >= 15 is 0 Å². The minimum Gasteiger partial charge on any atom is -0.449 e. The number of aromatic nitrogens is 2. The highest BCUT2D eigenvalue weighted by molar-refractivity contribution is 5.71.